The molecular weight excluding hydrogens is 538 g/mol. The number of fused-ring (bicyclic) bond motifs is 1. The van der Waals surface area contributed by atoms with Gasteiger partial charge in [0.25, 0.3) is 10.0 Å². The Morgan fingerprint density at radius 2 is 1.68 bits per heavy atom. The van der Waals surface area contributed by atoms with Gasteiger partial charge in [-0.05, 0) is 81.0 Å². The van der Waals surface area contributed by atoms with Crippen LogP contribution in [0.5, 0.6) is 5.88 Å². The Hall–Kier alpha value is -3.72. The number of nitrogens with zero attached hydrogens (tertiary/aromatic N) is 3. The molecule has 8 nitrogen and oxygen atoms in total. The van der Waals surface area contributed by atoms with Gasteiger partial charge in [0.2, 0.25) is 5.88 Å². The highest BCUT2D eigenvalue weighted by molar-refractivity contribution is 7.90. The van der Waals surface area contributed by atoms with Crippen LogP contribution in [0, 0.1) is 27.7 Å². The Kier molecular flexibility index (Phi) is 9.17. The lowest BCUT2D eigenvalue weighted by molar-refractivity contribution is -0.146. The Balaban J connectivity index is 1.64. The summed E-state index contributed by atoms with van der Waals surface area (Å²) in [7, 11) is -3.79. The number of unbranched alkanes of at least 4 members (excludes halogenated alkanes) is 1. The van der Waals surface area contributed by atoms with Crippen LogP contribution in [0.15, 0.2) is 47.5 Å². The molecule has 218 valence electrons. The maximum Gasteiger partial charge on any atom is 0.344 e. The van der Waals surface area contributed by atoms with Crippen molar-refractivity contribution in [3.8, 4) is 5.88 Å². The molecular formula is C32H39N3O5S. The van der Waals surface area contributed by atoms with Crippen LogP contribution in [0.4, 0.5) is 0 Å². The minimum atomic E-state index is -3.79. The van der Waals surface area contributed by atoms with E-state index in [9.17, 15) is 13.2 Å². The van der Waals surface area contributed by atoms with Gasteiger partial charge in [-0.15, -0.1) is 0 Å². The van der Waals surface area contributed by atoms with Gasteiger partial charge in [-0.2, -0.15) is 0 Å². The van der Waals surface area contributed by atoms with Gasteiger partial charge in [0.05, 0.1) is 22.5 Å². The molecule has 0 aliphatic rings. The van der Waals surface area contributed by atoms with Gasteiger partial charge >= 0.3 is 5.97 Å². The average molecular weight is 578 g/mol. The lowest BCUT2D eigenvalue weighted by Gasteiger charge is -2.16. The summed E-state index contributed by atoms with van der Waals surface area (Å²) < 4.78 is 39.4. The highest BCUT2D eigenvalue weighted by atomic mass is 32.2. The molecule has 0 fully saturated rings. The van der Waals surface area contributed by atoms with E-state index in [0.717, 1.165) is 52.0 Å². The summed E-state index contributed by atoms with van der Waals surface area (Å²) >= 11 is 0. The molecule has 0 radical (unpaired) electrons. The van der Waals surface area contributed by atoms with Gasteiger partial charge in [0, 0.05) is 29.6 Å². The van der Waals surface area contributed by atoms with Crippen LogP contribution in [-0.4, -0.2) is 41.5 Å². The number of benzene rings is 1. The highest BCUT2D eigenvalue weighted by Crippen LogP contribution is 2.31. The average Bonchev–Trinajstić information content (AvgIpc) is 3.33. The van der Waals surface area contributed by atoms with Crippen molar-refractivity contribution in [2.75, 3.05) is 13.2 Å². The zero-order valence-corrected chi connectivity index (χ0v) is 25.8. The van der Waals surface area contributed by atoms with Gasteiger partial charge in [0.1, 0.15) is 0 Å². The molecule has 0 amide bonds. The molecule has 0 atom stereocenters. The first-order chi connectivity index (χ1) is 19.4. The Morgan fingerprint density at radius 1 is 0.976 bits per heavy atom. The maximum atomic E-state index is 13.6. The second-order valence-electron chi connectivity index (χ2n) is 10.8. The molecule has 0 bridgehead atoms. The first kappa shape index (κ1) is 30.2. The van der Waals surface area contributed by atoms with Crippen LogP contribution in [0.1, 0.15) is 78.7 Å². The SMILES string of the molecule is CCCCOC(=O)COc1nc(C)c(Cc2ccc3c(n2)c(C(C)C)cn3S(=O)(=O)c2ccc(C)cc2)c(C)c1C. The Labute approximate surface area is 242 Å². The number of hydrogen-bond donors (Lipinski definition) is 0. The predicted octanol–water partition coefficient (Wildman–Crippen LogP) is 6.34. The van der Waals surface area contributed by atoms with Crippen molar-refractivity contribution in [1.29, 1.82) is 0 Å². The summed E-state index contributed by atoms with van der Waals surface area (Å²) in [4.78, 5) is 21.8. The number of hydrogen-bond acceptors (Lipinski definition) is 7. The van der Waals surface area contributed by atoms with Gasteiger partial charge in [-0.3, -0.25) is 4.98 Å². The summed E-state index contributed by atoms with van der Waals surface area (Å²) in [6, 6.07) is 10.6. The molecule has 0 spiro atoms. The lowest BCUT2D eigenvalue weighted by Crippen LogP contribution is -2.17. The lowest BCUT2D eigenvalue weighted by atomic mass is 9.98. The second kappa shape index (κ2) is 12.4. The standard InChI is InChI=1S/C32H39N3O5S/c1-8-9-16-39-30(36)19-40-32-23(6)22(5)27(24(7)33-32)17-25-12-15-29-31(34-25)28(20(2)3)18-35(29)41(37,38)26-13-10-21(4)11-14-26/h10-15,18,20H,8-9,16-17,19H2,1-7H3. The maximum absolute atomic E-state index is 13.6. The largest absolute Gasteiger partial charge is 0.465 e. The van der Waals surface area contributed by atoms with Crippen LogP contribution in [0.3, 0.4) is 0 Å². The van der Waals surface area contributed by atoms with Crippen LogP contribution in [-0.2, 0) is 26.0 Å². The van der Waals surface area contributed by atoms with Crippen LogP contribution in [0.2, 0.25) is 0 Å². The monoisotopic (exact) mass is 577 g/mol. The molecule has 0 aliphatic carbocycles. The fourth-order valence-corrected chi connectivity index (χ4v) is 6.09. The zero-order chi connectivity index (χ0) is 29.9. The molecule has 4 aromatic rings. The Morgan fingerprint density at radius 3 is 2.34 bits per heavy atom. The molecule has 3 aromatic heterocycles. The molecule has 0 saturated heterocycles. The molecule has 1 aromatic carbocycles. The summed E-state index contributed by atoms with van der Waals surface area (Å²) in [5.41, 5.74) is 7.57. The fraction of sp³-hybridized carbons (Fsp3) is 0.406. The number of pyridine rings is 2. The van der Waals surface area contributed by atoms with Crippen molar-refractivity contribution in [1.82, 2.24) is 13.9 Å². The van der Waals surface area contributed by atoms with Crippen molar-refractivity contribution in [2.24, 2.45) is 0 Å². The van der Waals surface area contributed by atoms with Gasteiger partial charge in [0.15, 0.2) is 6.61 Å². The van der Waals surface area contributed by atoms with Gasteiger partial charge in [-0.25, -0.2) is 22.2 Å². The quantitative estimate of drug-likeness (QED) is 0.151. The third-order valence-corrected chi connectivity index (χ3v) is 9.07. The molecule has 41 heavy (non-hydrogen) atoms. The van der Waals surface area contributed by atoms with Gasteiger partial charge in [-0.1, -0.05) is 44.9 Å². The van der Waals surface area contributed by atoms with Crippen LogP contribution in [0.25, 0.3) is 11.0 Å². The molecule has 3 heterocycles. The number of aryl methyl sites for hydroxylation is 2. The Bertz CT molecular complexity index is 1670. The number of rotatable bonds is 11. The van der Waals surface area contributed by atoms with E-state index in [2.05, 4.69) is 4.98 Å². The second-order valence-corrected chi connectivity index (χ2v) is 12.6. The first-order valence-electron chi connectivity index (χ1n) is 14.0. The van der Waals surface area contributed by atoms with E-state index in [1.807, 2.05) is 60.6 Å². The zero-order valence-electron chi connectivity index (χ0n) is 24.9. The topological polar surface area (TPSA) is 100 Å². The third-order valence-electron chi connectivity index (χ3n) is 7.39. The van der Waals surface area contributed by atoms with Gasteiger partial charge < -0.3 is 9.47 Å². The van der Waals surface area contributed by atoms with Crippen LogP contribution >= 0.6 is 0 Å². The van der Waals surface area contributed by atoms with E-state index in [-0.39, 0.29) is 17.4 Å². The molecule has 0 N–H and O–H groups in total. The normalized spacial score (nSPS) is 11.8. The minimum Gasteiger partial charge on any atom is -0.465 e. The fourth-order valence-electron chi connectivity index (χ4n) is 4.73. The third kappa shape index (κ3) is 6.45. The van der Waals surface area contributed by atoms with E-state index in [1.54, 1.807) is 30.5 Å². The number of esters is 1. The number of carbonyl (C=O) groups is 1. The number of carbonyl (C=O) groups excluding carboxylic acids is 1. The smallest absolute Gasteiger partial charge is 0.344 e. The number of aromatic nitrogens is 3. The summed E-state index contributed by atoms with van der Waals surface area (Å²) in [5.74, 6) is 0.0844. The molecule has 4 rings (SSSR count). The van der Waals surface area contributed by atoms with E-state index >= 15 is 0 Å². The molecule has 0 saturated carbocycles. The van der Waals surface area contributed by atoms with E-state index in [0.29, 0.717) is 29.9 Å². The molecule has 9 heteroatoms. The summed E-state index contributed by atoms with van der Waals surface area (Å²) in [5, 5.41) is 0. The van der Waals surface area contributed by atoms with Crippen molar-refractivity contribution < 1.29 is 22.7 Å². The summed E-state index contributed by atoms with van der Waals surface area (Å²) in [6.45, 7) is 14.1. The van der Waals surface area contributed by atoms with Crippen molar-refractivity contribution in [3.05, 3.63) is 81.8 Å². The van der Waals surface area contributed by atoms with Crippen molar-refractivity contribution in [2.45, 2.75) is 78.5 Å². The highest BCUT2D eigenvalue weighted by Gasteiger charge is 2.24. The minimum absolute atomic E-state index is 0.0761. The van der Waals surface area contributed by atoms with Crippen LogP contribution < -0.4 is 4.74 Å². The van der Waals surface area contributed by atoms with Crippen molar-refractivity contribution in [3.63, 3.8) is 0 Å². The number of ether oxygens (including phenoxy) is 2. The summed E-state index contributed by atoms with van der Waals surface area (Å²) in [6.07, 6.45) is 3.99. The van der Waals surface area contributed by atoms with E-state index in [4.69, 9.17) is 14.5 Å². The van der Waals surface area contributed by atoms with E-state index < -0.39 is 16.0 Å². The molecule has 0 unspecified atom stereocenters. The predicted molar refractivity (Wildman–Crippen MR) is 160 cm³/mol. The van der Waals surface area contributed by atoms with E-state index in [1.165, 1.54) is 3.97 Å². The molecule has 0 aliphatic heterocycles. The first-order valence-corrected chi connectivity index (χ1v) is 15.5. The van der Waals surface area contributed by atoms with Crippen molar-refractivity contribution >= 4 is 27.0 Å².